The largest absolute Gasteiger partial charge is 0.496 e. The Kier molecular flexibility index (Phi) is 4.98. The first-order chi connectivity index (χ1) is 9.65. The second kappa shape index (κ2) is 6.72. The number of hydrogen-bond donors (Lipinski definition) is 1. The fourth-order valence-electron chi connectivity index (χ4n) is 2.12. The summed E-state index contributed by atoms with van der Waals surface area (Å²) in [5.41, 5.74) is 8.28. The van der Waals surface area contributed by atoms with E-state index in [4.69, 9.17) is 15.2 Å². The second-order valence-corrected chi connectivity index (χ2v) is 5.30. The predicted molar refractivity (Wildman–Crippen MR) is 82.1 cm³/mol. The lowest BCUT2D eigenvalue weighted by Gasteiger charge is -2.17. The molecule has 0 saturated heterocycles. The lowest BCUT2D eigenvalue weighted by molar-refractivity contribution is 0.399. The molecule has 0 fully saturated rings. The van der Waals surface area contributed by atoms with Crippen LogP contribution in [0.2, 0.25) is 0 Å². The Labute approximate surface area is 127 Å². The zero-order valence-corrected chi connectivity index (χ0v) is 13.1. The van der Waals surface area contributed by atoms with Crippen molar-refractivity contribution in [3.63, 3.8) is 0 Å². The van der Waals surface area contributed by atoms with Crippen LogP contribution in [0.4, 0.5) is 0 Å². The van der Waals surface area contributed by atoms with Gasteiger partial charge in [-0.15, -0.1) is 0 Å². The summed E-state index contributed by atoms with van der Waals surface area (Å²) in [6, 6.07) is 7.59. The van der Waals surface area contributed by atoms with E-state index in [0.717, 1.165) is 21.3 Å². The number of nitrogens with two attached hydrogens (primary N) is 1. The molecule has 2 aromatic rings. The number of pyridine rings is 1. The molecule has 0 aliphatic carbocycles. The second-order valence-electron chi connectivity index (χ2n) is 4.38. The first kappa shape index (κ1) is 14.8. The normalized spacial score (nSPS) is 12.0. The van der Waals surface area contributed by atoms with Gasteiger partial charge in [-0.1, -0.05) is 15.9 Å². The van der Waals surface area contributed by atoms with E-state index in [1.165, 1.54) is 0 Å². The molecule has 0 radical (unpaired) electrons. The van der Waals surface area contributed by atoms with Crippen molar-refractivity contribution in [1.29, 1.82) is 0 Å². The Morgan fingerprint density at radius 3 is 2.65 bits per heavy atom. The summed E-state index contributed by atoms with van der Waals surface area (Å²) in [5, 5.41) is 0. The van der Waals surface area contributed by atoms with Gasteiger partial charge in [0.05, 0.1) is 20.4 Å². The van der Waals surface area contributed by atoms with Crippen molar-refractivity contribution >= 4 is 15.9 Å². The van der Waals surface area contributed by atoms with Crippen molar-refractivity contribution in [2.75, 3.05) is 14.2 Å². The minimum Gasteiger partial charge on any atom is -0.496 e. The third kappa shape index (κ3) is 3.29. The zero-order valence-electron chi connectivity index (χ0n) is 11.5. The van der Waals surface area contributed by atoms with Gasteiger partial charge in [-0.25, -0.2) is 0 Å². The maximum atomic E-state index is 6.30. The molecule has 0 aliphatic rings. The highest BCUT2D eigenvalue weighted by molar-refractivity contribution is 9.10. The molecule has 20 heavy (non-hydrogen) atoms. The van der Waals surface area contributed by atoms with Crippen LogP contribution in [0.1, 0.15) is 17.2 Å². The highest BCUT2D eigenvalue weighted by atomic mass is 79.9. The molecule has 1 aromatic heterocycles. The van der Waals surface area contributed by atoms with E-state index in [-0.39, 0.29) is 6.04 Å². The Morgan fingerprint density at radius 2 is 1.95 bits per heavy atom. The smallest absolute Gasteiger partial charge is 0.141 e. The van der Waals surface area contributed by atoms with Gasteiger partial charge >= 0.3 is 0 Å². The van der Waals surface area contributed by atoms with Crippen LogP contribution >= 0.6 is 15.9 Å². The standard InChI is InChI=1S/C15H17BrN2O2/c1-19-14-4-3-11(16)7-10(14)8-13(17)12-5-6-18-9-15(12)20-2/h3-7,9,13H,8,17H2,1-2H3. The van der Waals surface area contributed by atoms with Crippen LogP contribution in [0.5, 0.6) is 11.5 Å². The van der Waals surface area contributed by atoms with Crippen molar-refractivity contribution < 1.29 is 9.47 Å². The van der Waals surface area contributed by atoms with E-state index in [1.807, 2.05) is 24.3 Å². The van der Waals surface area contributed by atoms with Crippen molar-refractivity contribution in [2.24, 2.45) is 5.73 Å². The fourth-order valence-corrected chi connectivity index (χ4v) is 2.53. The van der Waals surface area contributed by atoms with Gasteiger partial charge in [0.1, 0.15) is 11.5 Å². The van der Waals surface area contributed by atoms with Crippen molar-refractivity contribution in [2.45, 2.75) is 12.5 Å². The maximum Gasteiger partial charge on any atom is 0.141 e. The number of methoxy groups -OCH3 is 2. The molecule has 0 saturated carbocycles. The molecule has 1 unspecified atom stereocenters. The SMILES string of the molecule is COc1ccc(Br)cc1CC(N)c1ccncc1OC. The summed E-state index contributed by atoms with van der Waals surface area (Å²) in [4.78, 5) is 4.04. The highest BCUT2D eigenvalue weighted by Gasteiger charge is 2.15. The van der Waals surface area contributed by atoms with Gasteiger partial charge in [-0.05, 0) is 36.2 Å². The lowest BCUT2D eigenvalue weighted by Crippen LogP contribution is -2.15. The van der Waals surface area contributed by atoms with E-state index >= 15 is 0 Å². The zero-order chi connectivity index (χ0) is 14.5. The number of hydrogen-bond acceptors (Lipinski definition) is 4. The van der Waals surface area contributed by atoms with Crippen LogP contribution in [0.15, 0.2) is 41.1 Å². The summed E-state index contributed by atoms with van der Waals surface area (Å²) in [7, 11) is 3.28. The molecule has 2 N–H and O–H groups in total. The minimum atomic E-state index is -0.184. The van der Waals surface area contributed by atoms with Crippen LogP contribution in [0.3, 0.4) is 0 Å². The van der Waals surface area contributed by atoms with Crippen LogP contribution in [0, 0.1) is 0 Å². The molecule has 0 spiro atoms. The van der Waals surface area contributed by atoms with Gasteiger partial charge in [-0.3, -0.25) is 4.98 Å². The van der Waals surface area contributed by atoms with Crippen LogP contribution in [-0.2, 0) is 6.42 Å². The molecule has 2 rings (SSSR count). The molecular weight excluding hydrogens is 320 g/mol. The molecule has 0 aliphatic heterocycles. The molecule has 0 bridgehead atoms. The average molecular weight is 337 g/mol. The van der Waals surface area contributed by atoms with Gasteiger partial charge in [0, 0.05) is 22.3 Å². The summed E-state index contributed by atoms with van der Waals surface area (Å²) in [6.45, 7) is 0. The third-order valence-corrected chi connectivity index (χ3v) is 3.61. The van der Waals surface area contributed by atoms with E-state index in [1.54, 1.807) is 26.6 Å². The highest BCUT2D eigenvalue weighted by Crippen LogP contribution is 2.29. The summed E-state index contributed by atoms with van der Waals surface area (Å²) < 4.78 is 11.7. The topological polar surface area (TPSA) is 57.4 Å². The van der Waals surface area contributed by atoms with Crippen LogP contribution < -0.4 is 15.2 Å². The van der Waals surface area contributed by atoms with Gasteiger partial charge in [0.2, 0.25) is 0 Å². The molecule has 0 amide bonds. The van der Waals surface area contributed by atoms with Crippen LogP contribution in [-0.4, -0.2) is 19.2 Å². The summed E-state index contributed by atoms with van der Waals surface area (Å²) >= 11 is 3.47. The first-order valence-corrected chi connectivity index (χ1v) is 7.01. The Balaban J connectivity index is 2.27. The monoisotopic (exact) mass is 336 g/mol. The number of ether oxygens (including phenoxy) is 2. The van der Waals surface area contributed by atoms with E-state index < -0.39 is 0 Å². The quantitative estimate of drug-likeness (QED) is 0.911. The first-order valence-electron chi connectivity index (χ1n) is 6.21. The van der Waals surface area contributed by atoms with Gasteiger partial charge < -0.3 is 15.2 Å². The van der Waals surface area contributed by atoms with Crippen molar-refractivity contribution in [3.8, 4) is 11.5 Å². The average Bonchev–Trinajstić information content (AvgIpc) is 2.47. The van der Waals surface area contributed by atoms with Crippen molar-refractivity contribution in [3.05, 3.63) is 52.3 Å². The predicted octanol–water partition coefficient (Wildman–Crippen LogP) is 3.10. The Morgan fingerprint density at radius 1 is 1.20 bits per heavy atom. The molecule has 1 atom stereocenters. The van der Waals surface area contributed by atoms with E-state index in [9.17, 15) is 0 Å². The number of halogens is 1. The summed E-state index contributed by atoms with van der Waals surface area (Å²) in [6.07, 6.45) is 4.05. The fraction of sp³-hybridized carbons (Fsp3) is 0.267. The molecular formula is C15H17BrN2O2. The van der Waals surface area contributed by atoms with Crippen molar-refractivity contribution in [1.82, 2.24) is 4.98 Å². The number of nitrogens with zero attached hydrogens (tertiary/aromatic N) is 1. The molecule has 106 valence electrons. The maximum absolute atomic E-state index is 6.30. The molecule has 5 heteroatoms. The lowest BCUT2D eigenvalue weighted by atomic mass is 9.99. The molecule has 4 nitrogen and oxygen atoms in total. The van der Waals surface area contributed by atoms with Gasteiger partial charge in [-0.2, -0.15) is 0 Å². The van der Waals surface area contributed by atoms with E-state index in [2.05, 4.69) is 20.9 Å². The van der Waals surface area contributed by atoms with Crippen LogP contribution in [0.25, 0.3) is 0 Å². The number of aromatic nitrogens is 1. The summed E-state index contributed by atoms with van der Waals surface area (Å²) in [5.74, 6) is 1.53. The van der Waals surface area contributed by atoms with Gasteiger partial charge in [0.25, 0.3) is 0 Å². The van der Waals surface area contributed by atoms with E-state index in [0.29, 0.717) is 12.2 Å². The minimum absolute atomic E-state index is 0.184. The van der Waals surface area contributed by atoms with Gasteiger partial charge in [0.15, 0.2) is 0 Å². The Hall–Kier alpha value is -1.59. The number of rotatable bonds is 5. The Bertz CT molecular complexity index is 590. The number of benzene rings is 1. The third-order valence-electron chi connectivity index (χ3n) is 3.12. The molecule has 1 aromatic carbocycles. The molecule has 1 heterocycles.